The van der Waals surface area contributed by atoms with E-state index in [1.54, 1.807) is 0 Å². The molecule has 1 unspecified atom stereocenters. The summed E-state index contributed by atoms with van der Waals surface area (Å²) in [6.45, 7) is 10.4. The minimum absolute atomic E-state index is 0.230. The summed E-state index contributed by atoms with van der Waals surface area (Å²) >= 11 is 2.22. The fourth-order valence-corrected chi connectivity index (χ4v) is 5.62. The third kappa shape index (κ3) is 4.36. The first-order valence-electron chi connectivity index (χ1n) is 9.40. The number of nitrogens with zero attached hydrogens (tertiary/aromatic N) is 2. The predicted octanol–water partition coefficient (Wildman–Crippen LogP) is 3.13. The Morgan fingerprint density at radius 3 is 2.78 bits per heavy atom. The van der Waals surface area contributed by atoms with Gasteiger partial charge in [-0.3, -0.25) is 4.99 Å². The normalized spacial score (nSPS) is 31.6. The molecular formula is C18H33N3OS. The molecule has 0 amide bonds. The molecule has 132 valence electrons. The Bertz CT molecular complexity index is 409. The van der Waals surface area contributed by atoms with E-state index < -0.39 is 0 Å². The molecule has 1 spiro atoms. The highest BCUT2D eigenvalue weighted by Crippen LogP contribution is 2.42. The topological polar surface area (TPSA) is 36.9 Å². The Hall–Kier alpha value is -0.420. The molecule has 2 heterocycles. The van der Waals surface area contributed by atoms with Gasteiger partial charge >= 0.3 is 0 Å². The van der Waals surface area contributed by atoms with Crippen molar-refractivity contribution in [1.82, 2.24) is 10.2 Å². The second-order valence-electron chi connectivity index (χ2n) is 7.80. The standard InChI is InChI=1S/C18H33N3OS/c1-3-19-16(20-13-17(2)9-11-22-15-17)21-10-12-23-18(14-21)7-5-4-6-8-18/h3-15H2,1-2H3,(H,19,20). The fraction of sp³-hybridized carbons (Fsp3) is 0.944. The summed E-state index contributed by atoms with van der Waals surface area (Å²) in [5.74, 6) is 2.37. The lowest BCUT2D eigenvalue weighted by molar-refractivity contribution is 0.162. The number of ether oxygens (including phenoxy) is 1. The first-order valence-corrected chi connectivity index (χ1v) is 10.4. The van der Waals surface area contributed by atoms with E-state index in [0.717, 1.165) is 45.2 Å². The van der Waals surface area contributed by atoms with Gasteiger partial charge in [0.2, 0.25) is 0 Å². The van der Waals surface area contributed by atoms with E-state index in [2.05, 4.69) is 35.8 Å². The van der Waals surface area contributed by atoms with E-state index in [9.17, 15) is 0 Å². The van der Waals surface area contributed by atoms with Crippen molar-refractivity contribution in [3.63, 3.8) is 0 Å². The van der Waals surface area contributed by atoms with E-state index in [4.69, 9.17) is 9.73 Å². The molecule has 2 saturated heterocycles. The van der Waals surface area contributed by atoms with Crippen LogP contribution in [0.2, 0.25) is 0 Å². The largest absolute Gasteiger partial charge is 0.381 e. The lowest BCUT2D eigenvalue weighted by atomic mass is 9.87. The van der Waals surface area contributed by atoms with Crippen LogP contribution in [-0.2, 0) is 4.74 Å². The summed E-state index contributed by atoms with van der Waals surface area (Å²) in [7, 11) is 0. The SMILES string of the molecule is CCNC(=NCC1(C)CCOC1)N1CCSC2(CCCCC2)C1. The van der Waals surface area contributed by atoms with E-state index in [1.165, 1.54) is 44.4 Å². The van der Waals surface area contributed by atoms with E-state index >= 15 is 0 Å². The van der Waals surface area contributed by atoms with Crippen molar-refractivity contribution in [3.05, 3.63) is 0 Å². The first-order chi connectivity index (χ1) is 11.1. The molecule has 1 N–H and O–H groups in total. The summed E-state index contributed by atoms with van der Waals surface area (Å²) in [5.41, 5.74) is 0.230. The highest BCUT2D eigenvalue weighted by Gasteiger charge is 2.38. The van der Waals surface area contributed by atoms with Crippen LogP contribution in [0.15, 0.2) is 4.99 Å². The van der Waals surface area contributed by atoms with Gasteiger partial charge in [0.1, 0.15) is 0 Å². The Labute approximate surface area is 145 Å². The van der Waals surface area contributed by atoms with Crippen molar-refractivity contribution in [1.29, 1.82) is 0 Å². The van der Waals surface area contributed by atoms with Crippen LogP contribution in [0.5, 0.6) is 0 Å². The van der Waals surface area contributed by atoms with Gasteiger partial charge in [0.15, 0.2) is 5.96 Å². The Morgan fingerprint density at radius 2 is 2.09 bits per heavy atom. The zero-order valence-corrected chi connectivity index (χ0v) is 15.7. The first kappa shape index (κ1) is 17.4. The highest BCUT2D eigenvalue weighted by molar-refractivity contribution is 8.00. The molecule has 0 aromatic carbocycles. The lowest BCUT2D eigenvalue weighted by Gasteiger charge is -2.45. The van der Waals surface area contributed by atoms with Crippen LogP contribution in [0.1, 0.15) is 52.4 Å². The summed E-state index contributed by atoms with van der Waals surface area (Å²) in [4.78, 5) is 7.54. The van der Waals surface area contributed by atoms with Crippen LogP contribution in [0.3, 0.4) is 0 Å². The molecule has 1 atom stereocenters. The molecular weight excluding hydrogens is 306 g/mol. The molecule has 4 nitrogen and oxygen atoms in total. The predicted molar refractivity (Wildman–Crippen MR) is 99.4 cm³/mol. The smallest absolute Gasteiger partial charge is 0.194 e. The molecule has 3 fully saturated rings. The molecule has 0 aromatic rings. The summed E-state index contributed by atoms with van der Waals surface area (Å²) in [5, 5.41) is 3.54. The van der Waals surface area contributed by atoms with Crippen LogP contribution in [0.25, 0.3) is 0 Å². The monoisotopic (exact) mass is 339 g/mol. The van der Waals surface area contributed by atoms with Gasteiger partial charge in [-0.1, -0.05) is 26.2 Å². The van der Waals surface area contributed by atoms with Crippen molar-refractivity contribution in [2.24, 2.45) is 10.4 Å². The van der Waals surface area contributed by atoms with Gasteiger partial charge in [0.25, 0.3) is 0 Å². The van der Waals surface area contributed by atoms with Gasteiger partial charge in [-0.2, -0.15) is 11.8 Å². The number of hydrogen-bond acceptors (Lipinski definition) is 3. The minimum atomic E-state index is 0.230. The van der Waals surface area contributed by atoms with Gasteiger partial charge in [-0.15, -0.1) is 0 Å². The third-order valence-electron chi connectivity index (χ3n) is 5.56. The van der Waals surface area contributed by atoms with Crippen LogP contribution in [0.4, 0.5) is 0 Å². The number of rotatable bonds is 3. The second-order valence-corrected chi connectivity index (χ2v) is 9.36. The van der Waals surface area contributed by atoms with Crippen molar-refractivity contribution in [3.8, 4) is 0 Å². The van der Waals surface area contributed by atoms with E-state index in [1.807, 2.05) is 0 Å². The average Bonchev–Trinajstić information content (AvgIpc) is 2.99. The molecule has 1 aliphatic carbocycles. The maximum atomic E-state index is 5.58. The van der Waals surface area contributed by atoms with Crippen molar-refractivity contribution in [2.75, 3.05) is 45.1 Å². The third-order valence-corrected chi connectivity index (χ3v) is 7.10. The van der Waals surface area contributed by atoms with E-state index in [-0.39, 0.29) is 5.41 Å². The van der Waals surface area contributed by atoms with Gasteiger partial charge < -0.3 is 15.0 Å². The molecule has 3 aliphatic rings. The zero-order valence-electron chi connectivity index (χ0n) is 14.9. The molecule has 2 aliphatic heterocycles. The number of thioether (sulfide) groups is 1. The number of guanidine groups is 1. The molecule has 23 heavy (non-hydrogen) atoms. The van der Waals surface area contributed by atoms with Gasteiger partial charge in [0, 0.05) is 42.2 Å². The number of hydrogen-bond donors (Lipinski definition) is 1. The fourth-order valence-electron chi connectivity index (χ4n) is 4.05. The Kier molecular flexibility index (Phi) is 5.78. The maximum absolute atomic E-state index is 5.58. The second kappa shape index (κ2) is 7.64. The molecule has 0 radical (unpaired) electrons. The maximum Gasteiger partial charge on any atom is 0.194 e. The summed E-state index contributed by atoms with van der Waals surface area (Å²) in [6, 6.07) is 0. The van der Waals surface area contributed by atoms with Crippen LogP contribution >= 0.6 is 11.8 Å². The Balaban J connectivity index is 1.66. The van der Waals surface area contributed by atoms with Crippen molar-refractivity contribution >= 4 is 17.7 Å². The summed E-state index contributed by atoms with van der Waals surface area (Å²) in [6.07, 6.45) is 8.15. The average molecular weight is 340 g/mol. The molecule has 1 saturated carbocycles. The number of aliphatic imine (C=N–C) groups is 1. The lowest BCUT2D eigenvalue weighted by Crippen LogP contribution is -2.53. The van der Waals surface area contributed by atoms with Crippen LogP contribution in [0, 0.1) is 5.41 Å². The zero-order chi connectivity index (χ0) is 16.2. The van der Waals surface area contributed by atoms with E-state index in [0.29, 0.717) is 4.75 Å². The van der Waals surface area contributed by atoms with Gasteiger partial charge in [0.05, 0.1) is 13.2 Å². The van der Waals surface area contributed by atoms with Gasteiger partial charge in [-0.05, 0) is 26.2 Å². The molecule has 3 rings (SSSR count). The van der Waals surface area contributed by atoms with Crippen molar-refractivity contribution < 1.29 is 4.74 Å². The summed E-state index contributed by atoms with van der Waals surface area (Å²) < 4.78 is 6.07. The molecule has 0 bridgehead atoms. The quantitative estimate of drug-likeness (QED) is 0.633. The Morgan fingerprint density at radius 1 is 1.26 bits per heavy atom. The molecule has 0 aromatic heterocycles. The van der Waals surface area contributed by atoms with Crippen LogP contribution < -0.4 is 5.32 Å². The molecule has 5 heteroatoms. The van der Waals surface area contributed by atoms with Crippen LogP contribution in [-0.4, -0.2) is 60.8 Å². The number of nitrogens with one attached hydrogen (secondary N) is 1. The minimum Gasteiger partial charge on any atom is -0.381 e. The highest BCUT2D eigenvalue weighted by atomic mass is 32.2. The van der Waals surface area contributed by atoms with Crippen molar-refractivity contribution in [2.45, 2.75) is 57.1 Å². The van der Waals surface area contributed by atoms with Gasteiger partial charge in [-0.25, -0.2) is 0 Å².